The lowest BCUT2D eigenvalue weighted by atomic mass is 10.00. The van der Waals surface area contributed by atoms with E-state index in [1.807, 2.05) is 25.1 Å². The molecule has 3 aromatic rings. The van der Waals surface area contributed by atoms with Crippen LogP contribution in [0.5, 0.6) is 11.5 Å². The molecular formula is C23H28FN5O2. The number of halogens is 1. The largest absolute Gasteiger partial charge is 0.454 e. The van der Waals surface area contributed by atoms with E-state index in [1.165, 1.54) is 6.07 Å². The monoisotopic (exact) mass is 425 g/mol. The molecule has 0 aliphatic heterocycles. The second-order valence-electron chi connectivity index (χ2n) is 7.37. The van der Waals surface area contributed by atoms with Gasteiger partial charge in [0.25, 0.3) is 0 Å². The number of hydrogen-bond donors (Lipinski definition) is 3. The van der Waals surface area contributed by atoms with Gasteiger partial charge in [0, 0.05) is 30.9 Å². The maximum absolute atomic E-state index is 14.0. The van der Waals surface area contributed by atoms with Crippen molar-refractivity contribution in [1.29, 1.82) is 0 Å². The summed E-state index contributed by atoms with van der Waals surface area (Å²) >= 11 is 0. The molecule has 0 bridgehead atoms. The number of aryl methyl sites for hydroxylation is 1. The predicted molar refractivity (Wildman–Crippen MR) is 119 cm³/mol. The molecule has 0 saturated heterocycles. The number of aromatic nitrogens is 2. The Balaban J connectivity index is 1.71. The van der Waals surface area contributed by atoms with Gasteiger partial charge in [0.2, 0.25) is 0 Å². The summed E-state index contributed by atoms with van der Waals surface area (Å²) in [6.45, 7) is 4.91. The van der Waals surface area contributed by atoms with Crippen LogP contribution in [0.3, 0.4) is 0 Å². The number of guanidine groups is 1. The quantitative estimate of drug-likeness (QED) is 0.381. The van der Waals surface area contributed by atoms with Crippen molar-refractivity contribution in [2.45, 2.75) is 26.0 Å². The summed E-state index contributed by atoms with van der Waals surface area (Å²) in [5.74, 6) is 0.826. The first-order valence-corrected chi connectivity index (χ1v) is 10.1. The summed E-state index contributed by atoms with van der Waals surface area (Å²) in [7, 11) is 1.80. The molecule has 0 amide bonds. The normalized spacial score (nSPS) is 13.5. The molecule has 1 aromatic heterocycles. The van der Waals surface area contributed by atoms with Crippen LogP contribution >= 0.6 is 0 Å². The minimum Gasteiger partial charge on any atom is -0.454 e. The van der Waals surface area contributed by atoms with Crippen molar-refractivity contribution in [3.63, 3.8) is 0 Å². The molecule has 0 saturated carbocycles. The maximum atomic E-state index is 14.0. The van der Waals surface area contributed by atoms with Gasteiger partial charge in [-0.25, -0.2) is 9.38 Å². The molecule has 0 fully saturated rings. The lowest BCUT2D eigenvalue weighted by molar-refractivity contribution is 0.0616. The maximum Gasteiger partial charge on any atom is 0.191 e. The van der Waals surface area contributed by atoms with Crippen LogP contribution in [0.2, 0.25) is 0 Å². The van der Waals surface area contributed by atoms with Gasteiger partial charge in [0.15, 0.2) is 17.5 Å². The molecule has 164 valence electrons. The van der Waals surface area contributed by atoms with E-state index in [-0.39, 0.29) is 12.3 Å². The topological polar surface area (TPSA) is 83.7 Å². The Hall–Kier alpha value is -3.39. The van der Waals surface area contributed by atoms with E-state index in [4.69, 9.17) is 4.74 Å². The third kappa shape index (κ3) is 6.05. The Kier molecular flexibility index (Phi) is 7.25. The van der Waals surface area contributed by atoms with Gasteiger partial charge in [0.05, 0.1) is 19.3 Å². The lowest BCUT2D eigenvalue weighted by Crippen LogP contribution is -2.44. The van der Waals surface area contributed by atoms with E-state index < -0.39 is 11.4 Å². The summed E-state index contributed by atoms with van der Waals surface area (Å²) in [6.07, 6.45) is 3.42. The highest BCUT2D eigenvalue weighted by atomic mass is 19.1. The first-order chi connectivity index (χ1) is 14.9. The molecule has 2 aromatic carbocycles. The number of para-hydroxylation sites is 2. The van der Waals surface area contributed by atoms with Crippen LogP contribution in [-0.2, 0) is 19.2 Å². The van der Waals surface area contributed by atoms with Crippen LogP contribution in [0.25, 0.3) is 0 Å². The van der Waals surface area contributed by atoms with Crippen molar-refractivity contribution in [1.82, 2.24) is 20.4 Å². The van der Waals surface area contributed by atoms with Crippen LogP contribution in [0.1, 0.15) is 25.0 Å². The highest BCUT2D eigenvalue weighted by molar-refractivity contribution is 5.79. The number of nitrogens with one attached hydrogen (secondary N) is 2. The van der Waals surface area contributed by atoms with E-state index in [0.29, 0.717) is 30.4 Å². The van der Waals surface area contributed by atoms with E-state index >= 15 is 0 Å². The van der Waals surface area contributed by atoms with Gasteiger partial charge in [-0.15, -0.1) is 0 Å². The molecule has 0 radical (unpaired) electrons. The van der Waals surface area contributed by atoms with Gasteiger partial charge >= 0.3 is 0 Å². The third-order valence-corrected chi connectivity index (χ3v) is 4.71. The second kappa shape index (κ2) is 10.1. The van der Waals surface area contributed by atoms with Gasteiger partial charge in [-0.05, 0) is 32.0 Å². The Bertz CT molecular complexity index is 1030. The summed E-state index contributed by atoms with van der Waals surface area (Å²) < 4.78 is 21.4. The second-order valence-corrected chi connectivity index (χ2v) is 7.37. The SMILES string of the molecule is CCNC(=NCc1ccccc1Oc1ccccc1F)NCC(C)(O)c1cnn(C)c1. The molecular weight excluding hydrogens is 397 g/mol. The highest BCUT2D eigenvalue weighted by Gasteiger charge is 2.25. The van der Waals surface area contributed by atoms with Gasteiger partial charge < -0.3 is 20.5 Å². The van der Waals surface area contributed by atoms with Gasteiger partial charge in [-0.3, -0.25) is 4.68 Å². The summed E-state index contributed by atoms with van der Waals surface area (Å²) in [5, 5.41) is 21.2. The lowest BCUT2D eigenvalue weighted by Gasteiger charge is -2.23. The summed E-state index contributed by atoms with van der Waals surface area (Å²) in [4.78, 5) is 4.60. The van der Waals surface area contributed by atoms with E-state index in [9.17, 15) is 9.50 Å². The molecule has 1 heterocycles. The molecule has 0 spiro atoms. The van der Waals surface area contributed by atoms with Crippen LogP contribution in [0.4, 0.5) is 4.39 Å². The summed E-state index contributed by atoms with van der Waals surface area (Å²) in [5.41, 5.74) is 0.403. The van der Waals surface area contributed by atoms with Crippen molar-refractivity contribution in [2.24, 2.45) is 12.0 Å². The van der Waals surface area contributed by atoms with E-state index in [1.54, 1.807) is 55.3 Å². The summed E-state index contributed by atoms with van der Waals surface area (Å²) in [6, 6.07) is 13.7. The van der Waals surface area contributed by atoms with Crippen LogP contribution in [-0.4, -0.2) is 33.9 Å². The number of aliphatic hydroxyl groups is 1. The van der Waals surface area contributed by atoms with Crippen molar-refractivity contribution < 1.29 is 14.2 Å². The fourth-order valence-corrected chi connectivity index (χ4v) is 2.94. The molecule has 3 N–H and O–H groups in total. The Morgan fingerprint density at radius 1 is 1.16 bits per heavy atom. The molecule has 0 aliphatic carbocycles. The van der Waals surface area contributed by atoms with Crippen LogP contribution in [0.15, 0.2) is 65.9 Å². The molecule has 7 nitrogen and oxygen atoms in total. The number of aliphatic imine (C=N–C) groups is 1. The fourth-order valence-electron chi connectivity index (χ4n) is 2.94. The molecule has 3 rings (SSSR count). The number of benzene rings is 2. The number of nitrogens with zero attached hydrogens (tertiary/aromatic N) is 3. The minimum absolute atomic E-state index is 0.163. The van der Waals surface area contributed by atoms with E-state index in [2.05, 4.69) is 20.7 Å². The zero-order chi connectivity index (χ0) is 22.3. The molecule has 1 unspecified atom stereocenters. The first kappa shape index (κ1) is 22.3. The van der Waals surface area contributed by atoms with Gasteiger partial charge in [-0.2, -0.15) is 5.10 Å². The van der Waals surface area contributed by atoms with Crippen molar-refractivity contribution in [3.05, 3.63) is 77.9 Å². The number of hydrogen-bond acceptors (Lipinski definition) is 4. The smallest absolute Gasteiger partial charge is 0.191 e. The van der Waals surface area contributed by atoms with Crippen molar-refractivity contribution in [2.75, 3.05) is 13.1 Å². The fraction of sp³-hybridized carbons (Fsp3) is 0.304. The standard InChI is InChI=1S/C23H28FN5O2/c1-4-25-22(27-16-23(2,30)18-14-28-29(3)15-18)26-13-17-9-5-7-11-20(17)31-21-12-8-6-10-19(21)24/h5-12,14-15,30H,4,13,16H2,1-3H3,(H2,25,26,27). The average Bonchev–Trinajstić information content (AvgIpc) is 3.20. The van der Waals surface area contributed by atoms with E-state index in [0.717, 1.165) is 5.56 Å². The Labute approximate surface area is 181 Å². The van der Waals surface area contributed by atoms with Crippen LogP contribution in [0, 0.1) is 5.82 Å². The molecule has 1 atom stereocenters. The zero-order valence-electron chi connectivity index (χ0n) is 18.0. The Morgan fingerprint density at radius 2 is 1.87 bits per heavy atom. The first-order valence-electron chi connectivity index (χ1n) is 10.1. The average molecular weight is 426 g/mol. The molecule has 0 aliphatic rings. The van der Waals surface area contributed by atoms with Crippen LogP contribution < -0.4 is 15.4 Å². The minimum atomic E-state index is -1.11. The zero-order valence-corrected chi connectivity index (χ0v) is 18.0. The van der Waals surface area contributed by atoms with Crippen molar-refractivity contribution >= 4 is 5.96 Å². The third-order valence-electron chi connectivity index (χ3n) is 4.71. The Morgan fingerprint density at radius 3 is 2.55 bits per heavy atom. The molecule has 8 heteroatoms. The predicted octanol–water partition coefficient (Wildman–Crippen LogP) is 3.31. The number of ether oxygens (including phenoxy) is 1. The highest BCUT2D eigenvalue weighted by Crippen LogP contribution is 2.27. The number of rotatable bonds is 8. The molecule has 31 heavy (non-hydrogen) atoms. The van der Waals surface area contributed by atoms with Crippen molar-refractivity contribution in [3.8, 4) is 11.5 Å². The van der Waals surface area contributed by atoms with Gasteiger partial charge in [0.1, 0.15) is 11.4 Å². The van der Waals surface area contributed by atoms with Gasteiger partial charge in [-0.1, -0.05) is 30.3 Å².